The summed E-state index contributed by atoms with van der Waals surface area (Å²) in [5.41, 5.74) is 3.51. The normalized spacial score (nSPS) is 18.2. The van der Waals surface area contributed by atoms with Gasteiger partial charge in [-0.25, -0.2) is 0 Å². The number of rotatable bonds is 3. The number of oxime groups is 1. The first-order valence-electron chi connectivity index (χ1n) is 6.24. The lowest BCUT2D eigenvalue weighted by molar-refractivity contribution is 0.0859. The SMILES string of the molecule is c1ccc(C[C@@H]2CC(c3ccccc3)=NO2)cc1. The summed E-state index contributed by atoms with van der Waals surface area (Å²) in [6.45, 7) is 0. The Morgan fingerprint density at radius 1 is 0.944 bits per heavy atom. The standard InChI is InChI=1S/C16H15NO/c1-3-7-13(8-4-1)11-15-12-16(17-18-15)14-9-5-2-6-10-14/h1-10,15H,11-12H2/t15-/m1/s1. The van der Waals surface area contributed by atoms with Crippen LogP contribution in [0.2, 0.25) is 0 Å². The van der Waals surface area contributed by atoms with Crippen LogP contribution in [0.5, 0.6) is 0 Å². The van der Waals surface area contributed by atoms with Gasteiger partial charge in [-0.05, 0) is 11.1 Å². The first-order valence-corrected chi connectivity index (χ1v) is 6.24. The van der Waals surface area contributed by atoms with Crippen molar-refractivity contribution in [2.75, 3.05) is 0 Å². The van der Waals surface area contributed by atoms with Crippen LogP contribution >= 0.6 is 0 Å². The van der Waals surface area contributed by atoms with Gasteiger partial charge < -0.3 is 4.84 Å². The van der Waals surface area contributed by atoms with Crippen molar-refractivity contribution in [1.29, 1.82) is 0 Å². The molecule has 2 aromatic carbocycles. The average Bonchev–Trinajstić information content (AvgIpc) is 2.89. The highest BCUT2D eigenvalue weighted by atomic mass is 16.6. The fourth-order valence-corrected chi connectivity index (χ4v) is 2.22. The third-order valence-electron chi connectivity index (χ3n) is 3.15. The maximum Gasteiger partial charge on any atom is 0.137 e. The Hall–Kier alpha value is -2.09. The molecule has 0 aliphatic carbocycles. The summed E-state index contributed by atoms with van der Waals surface area (Å²) in [5, 5.41) is 4.20. The van der Waals surface area contributed by atoms with E-state index in [-0.39, 0.29) is 6.10 Å². The van der Waals surface area contributed by atoms with Gasteiger partial charge >= 0.3 is 0 Å². The van der Waals surface area contributed by atoms with E-state index < -0.39 is 0 Å². The van der Waals surface area contributed by atoms with Gasteiger partial charge in [0.05, 0.1) is 5.71 Å². The second-order valence-electron chi connectivity index (χ2n) is 4.53. The van der Waals surface area contributed by atoms with Gasteiger partial charge in [0.25, 0.3) is 0 Å². The van der Waals surface area contributed by atoms with Crippen molar-refractivity contribution in [3.05, 3.63) is 71.8 Å². The maximum atomic E-state index is 5.51. The Labute approximate surface area is 107 Å². The average molecular weight is 237 g/mol. The molecule has 0 radical (unpaired) electrons. The second kappa shape index (κ2) is 5.05. The van der Waals surface area contributed by atoms with E-state index in [4.69, 9.17) is 4.84 Å². The zero-order chi connectivity index (χ0) is 12.2. The molecule has 0 N–H and O–H groups in total. The van der Waals surface area contributed by atoms with E-state index in [1.165, 1.54) is 5.56 Å². The largest absolute Gasteiger partial charge is 0.391 e. The zero-order valence-electron chi connectivity index (χ0n) is 10.1. The molecular formula is C16H15NO. The Balaban J connectivity index is 1.65. The summed E-state index contributed by atoms with van der Waals surface area (Å²) in [7, 11) is 0. The third-order valence-corrected chi connectivity index (χ3v) is 3.15. The van der Waals surface area contributed by atoms with E-state index in [0.29, 0.717) is 0 Å². The molecule has 0 saturated carbocycles. The van der Waals surface area contributed by atoms with Crippen molar-refractivity contribution in [1.82, 2.24) is 0 Å². The van der Waals surface area contributed by atoms with Crippen molar-refractivity contribution < 1.29 is 4.84 Å². The first-order chi connectivity index (χ1) is 8.92. The molecule has 1 aliphatic heterocycles. The lowest BCUT2D eigenvalue weighted by atomic mass is 10.0. The van der Waals surface area contributed by atoms with Crippen LogP contribution in [0.25, 0.3) is 0 Å². The van der Waals surface area contributed by atoms with Crippen molar-refractivity contribution in [3.63, 3.8) is 0 Å². The molecule has 18 heavy (non-hydrogen) atoms. The zero-order valence-corrected chi connectivity index (χ0v) is 10.1. The molecule has 0 amide bonds. The Kier molecular flexibility index (Phi) is 3.09. The molecule has 1 aliphatic rings. The van der Waals surface area contributed by atoms with E-state index >= 15 is 0 Å². The van der Waals surface area contributed by atoms with Crippen molar-refractivity contribution in [2.45, 2.75) is 18.9 Å². The predicted octanol–water partition coefficient (Wildman–Crippen LogP) is 3.42. The molecule has 0 fully saturated rings. The van der Waals surface area contributed by atoms with Gasteiger partial charge in [-0.1, -0.05) is 65.8 Å². The highest BCUT2D eigenvalue weighted by molar-refractivity contribution is 6.01. The summed E-state index contributed by atoms with van der Waals surface area (Å²) < 4.78 is 0. The van der Waals surface area contributed by atoms with Gasteiger partial charge in [0, 0.05) is 12.8 Å². The van der Waals surface area contributed by atoms with Crippen molar-refractivity contribution in [2.24, 2.45) is 5.16 Å². The smallest absolute Gasteiger partial charge is 0.137 e. The van der Waals surface area contributed by atoms with Gasteiger partial charge in [-0.15, -0.1) is 0 Å². The van der Waals surface area contributed by atoms with Crippen LogP contribution in [-0.4, -0.2) is 11.8 Å². The molecule has 0 spiro atoms. The molecule has 0 aromatic heterocycles. The first kappa shape index (κ1) is 11.0. The molecule has 0 saturated heterocycles. The van der Waals surface area contributed by atoms with Crippen LogP contribution in [0, 0.1) is 0 Å². The Bertz CT molecular complexity index is 534. The molecule has 3 rings (SSSR count). The minimum atomic E-state index is 0.169. The van der Waals surface area contributed by atoms with Gasteiger partial charge in [-0.3, -0.25) is 0 Å². The molecule has 90 valence electrons. The summed E-state index contributed by atoms with van der Waals surface area (Å²) in [6, 6.07) is 20.6. The molecule has 2 aromatic rings. The van der Waals surface area contributed by atoms with E-state index in [1.807, 2.05) is 24.3 Å². The van der Waals surface area contributed by atoms with Crippen LogP contribution < -0.4 is 0 Å². The molecule has 2 heteroatoms. The molecule has 0 bridgehead atoms. The minimum absolute atomic E-state index is 0.169. The molecule has 1 atom stereocenters. The highest BCUT2D eigenvalue weighted by Gasteiger charge is 2.22. The van der Waals surface area contributed by atoms with Crippen molar-refractivity contribution >= 4 is 5.71 Å². The fourth-order valence-electron chi connectivity index (χ4n) is 2.22. The third kappa shape index (κ3) is 2.43. The van der Waals surface area contributed by atoms with Crippen LogP contribution in [-0.2, 0) is 11.3 Å². The van der Waals surface area contributed by atoms with E-state index in [0.717, 1.165) is 24.1 Å². The minimum Gasteiger partial charge on any atom is -0.391 e. The molecular weight excluding hydrogens is 222 g/mol. The number of hydrogen-bond acceptors (Lipinski definition) is 2. The molecule has 0 unspecified atom stereocenters. The molecule has 1 heterocycles. The lowest BCUT2D eigenvalue weighted by Crippen LogP contribution is -2.11. The van der Waals surface area contributed by atoms with Crippen LogP contribution in [0.3, 0.4) is 0 Å². The Morgan fingerprint density at radius 2 is 1.61 bits per heavy atom. The topological polar surface area (TPSA) is 21.6 Å². The van der Waals surface area contributed by atoms with Crippen molar-refractivity contribution in [3.8, 4) is 0 Å². The van der Waals surface area contributed by atoms with Crippen LogP contribution in [0.1, 0.15) is 17.5 Å². The van der Waals surface area contributed by atoms with E-state index in [1.54, 1.807) is 0 Å². The fraction of sp³-hybridized carbons (Fsp3) is 0.188. The van der Waals surface area contributed by atoms with Gasteiger partial charge in [-0.2, -0.15) is 0 Å². The number of benzene rings is 2. The summed E-state index contributed by atoms with van der Waals surface area (Å²) in [5.74, 6) is 0. The van der Waals surface area contributed by atoms with E-state index in [9.17, 15) is 0 Å². The predicted molar refractivity (Wildman–Crippen MR) is 72.6 cm³/mol. The highest BCUT2D eigenvalue weighted by Crippen LogP contribution is 2.19. The monoisotopic (exact) mass is 237 g/mol. The van der Waals surface area contributed by atoms with Gasteiger partial charge in [0.15, 0.2) is 0 Å². The van der Waals surface area contributed by atoms with Gasteiger partial charge in [0.2, 0.25) is 0 Å². The Morgan fingerprint density at radius 3 is 2.33 bits per heavy atom. The summed E-state index contributed by atoms with van der Waals surface area (Å²) in [6.07, 6.45) is 1.97. The lowest BCUT2D eigenvalue weighted by Gasteiger charge is -2.07. The van der Waals surface area contributed by atoms with E-state index in [2.05, 4.69) is 41.6 Å². The number of hydrogen-bond donors (Lipinski definition) is 0. The summed E-state index contributed by atoms with van der Waals surface area (Å²) >= 11 is 0. The number of nitrogens with zero attached hydrogens (tertiary/aromatic N) is 1. The molecule has 2 nitrogen and oxygen atoms in total. The van der Waals surface area contributed by atoms with Crippen LogP contribution in [0.15, 0.2) is 65.8 Å². The summed E-state index contributed by atoms with van der Waals surface area (Å²) in [4.78, 5) is 5.51. The quantitative estimate of drug-likeness (QED) is 0.801. The van der Waals surface area contributed by atoms with Crippen LogP contribution in [0.4, 0.5) is 0 Å². The maximum absolute atomic E-state index is 5.51. The second-order valence-corrected chi connectivity index (χ2v) is 4.53. The van der Waals surface area contributed by atoms with Gasteiger partial charge in [0.1, 0.15) is 6.10 Å².